The van der Waals surface area contributed by atoms with Gasteiger partial charge in [0.15, 0.2) is 0 Å². The molecule has 0 saturated carbocycles. The summed E-state index contributed by atoms with van der Waals surface area (Å²) < 4.78 is 0. The molecule has 0 aromatic carbocycles. The smallest absolute Gasteiger partial charge is 0.134 e. The first-order chi connectivity index (χ1) is 24.0. The van der Waals surface area contributed by atoms with E-state index in [0.717, 1.165) is 77.8 Å². The normalized spacial score (nSPS) is 13.0. The second-order valence-corrected chi connectivity index (χ2v) is 14.1. The molecule has 4 N–H and O–H groups in total. The van der Waals surface area contributed by atoms with E-state index < -0.39 is 0 Å². The van der Waals surface area contributed by atoms with Crippen molar-refractivity contribution in [3.05, 3.63) is 23.3 Å². The Labute approximate surface area is 308 Å². The molecule has 0 aromatic rings. The van der Waals surface area contributed by atoms with E-state index in [1.54, 1.807) is 0 Å². The highest BCUT2D eigenvalue weighted by Gasteiger charge is 2.06. The first kappa shape index (κ1) is 50.1. The Balaban J connectivity index is 0. The van der Waals surface area contributed by atoms with Gasteiger partial charge in [0.1, 0.15) is 23.1 Å². The van der Waals surface area contributed by atoms with Crippen LogP contribution in [0.3, 0.4) is 0 Å². The van der Waals surface area contributed by atoms with E-state index in [4.69, 9.17) is 0 Å². The molecule has 8 nitrogen and oxygen atoms in total. The van der Waals surface area contributed by atoms with Crippen molar-refractivity contribution in [2.24, 2.45) is 0 Å². The van der Waals surface area contributed by atoms with Gasteiger partial charge in [-0.2, -0.15) is 0 Å². The molecule has 0 aliphatic carbocycles. The summed E-state index contributed by atoms with van der Waals surface area (Å²) in [5, 5.41) is 13.3. The molecule has 0 heterocycles. The van der Waals surface area contributed by atoms with Gasteiger partial charge in [-0.3, -0.25) is 19.2 Å². The van der Waals surface area contributed by atoms with Gasteiger partial charge in [0.25, 0.3) is 0 Å². The van der Waals surface area contributed by atoms with E-state index in [-0.39, 0.29) is 0 Å². The van der Waals surface area contributed by atoms with E-state index in [9.17, 15) is 19.2 Å². The van der Waals surface area contributed by atoms with Crippen molar-refractivity contribution < 1.29 is 19.2 Å². The van der Waals surface area contributed by atoms with Gasteiger partial charge in [-0.1, -0.05) is 63.8 Å². The second kappa shape index (κ2) is 36.8. The van der Waals surface area contributed by atoms with Crippen molar-refractivity contribution in [2.75, 3.05) is 39.3 Å². The number of rotatable bonds is 34. The minimum absolute atomic E-state index is 0.312. The van der Waals surface area contributed by atoms with Crippen LogP contribution in [0, 0.1) is 0 Å². The summed E-state index contributed by atoms with van der Waals surface area (Å²) in [5.41, 5.74) is 2.44. The molecule has 0 fully saturated rings. The minimum Gasteiger partial charge on any atom is -0.316 e. The van der Waals surface area contributed by atoms with Crippen molar-refractivity contribution >= 4 is 23.1 Å². The van der Waals surface area contributed by atoms with Crippen LogP contribution in [0.4, 0.5) is 0 Å². The Kier molecular flexibility index (Phi) is 36.9. The quantitative estimate of drug-likeness (QED) is 0.0390. The van der Waals surface area contributed by atoms with Crippen molar-refractivity contribution in [2.45, 2.75) is 183 Å². The average Bonchev–Trinajstić information content (AvgIpc) is 3.09. The van der Waals surface area contributed by atoms with Gasteiger partial charge in [0.05, 0.1) is 0 Å². The average molecular weight is 705 g/mol. The fourth-order valence-corrected chi connectivity index (χ4v) is 4.85. The van der Waals surface area contributed by atoms with Crippen LogP contribution in [-0.2, 0) is 19.2 Å². The molecule has 0 aliphatic rings. The molecule has 0 bridgehead atoms. The number of nitrogens with one attached hydrogen (secondary N) is 4. The van der Waals surface area contributed by atoms with Crippen LogP contribution in [0.2, 0.25) is 0 Å². The van der Waals surface area contributed by atoms with Crippen LogP contribution in [0.15, 0.2) is 23.3 Å². The minimum atomic E-state index is 0.312. The highest BCUT2D eigenvalue weighted by molar-refractivity contribution is 5.80. The Hall–Kier alpha value is -2.00. The third kappa shape index (κ3) is 37.3. The van der Waals surface area contributed by atoms with E-state index in [0.29, 0.717) is 86.6 Å². The van der Waals surface area contributed by atoms with Crippen molar-refractivity contribution in [3.8, 4) is 0 Å². The zero-order chi connectivity index (χ0) is 37.8. The Morgan fingerprint density at radius 3 is 1.14 bits per heavy atom. The second-order valence-electron chi connectivity index (χ2n) is 14.1. The van der Waals surface area contributed by atoms with Crippen LogP contribution >= 0.6 is 0 Å². The number of carbonyl (C=O) groups is 4. The lowest BCUT2D eigenvalue weighted by Crippen LogP contribution is -2.27. The molecule has 0 aromatic heterocycles. The summed E-state index contributed by atoms with van der Waals surface area (Å²) in [7, 11) is 0. The molecule has 0 aliphatic heterocycles. The summed E-state index contributed by atoms with van der Waals surface area (Å²) in [6, 6.07) is 0.959. The zero-order valence-corrected chi connectivity index (χ0v) is 33.9. The number of unbranched alkanes of at least 4 members (excludes halogenated alkanes) is 2. The van der Waals surface area contributed by atoms with Crippen molar-refractivity contribution in [3.63, 3.8) is 0 Å². The molecular weight excluding hydrogens is 624 g/mol. The molecule has 0 radical (unpaired) electrons. The van der Waals surface area contributed by atoms with Crippen LogP contribution < -0.4 is 21.3 Å². The summed E-state index contributed by atoms with van der Waals surface area (Å²) in [6.07, 6.45) is 19.2. The maximum atomic E-state index is 11.9. The van der Waals surface area contributed by atoms with Crippen molar-refractivity contribution in [1.29, 1.82) is 0 Å². The first-order valence-corrected chi connectivity index (χ1v) is 20.2. The predicted molar refractivity (Wildman–Crippen MR) is 214 cm³/mol. The Bertz CT molecular complexity index is 931. The van der Waals surface area contributed by atoms with Crippen molar-refractivity contribution in [1.82, 2.24) is 21.3 Å². The number of carbonyl (C=O) groups excluding carboxylic acids is 4. The molecule has 292 valence electrons. The van der Waals surface area contributed by atoms with Crippen LogP contribution in [0.5, 0.6) is 0 Å². The molecule has 0 amide bonds. The standard InChI is InChI=1S/2C21H40N2O2/c1-6-18(4)22-15-13-20(24)10-8-9-17(3)11-12-21(25)14-16-23-19(5)7-2;1-4-6-15-22-17-13-20(24)10-8-9-19(3)11-12-21(25)14-18-23-16-7-5-2/h9,18-19,22-23H,6-8,10-16H2,1-5H3;9,22-23H,4-8,10-18H2,1-3H3/b17-9-;19-9-. The highest BCUT2D eigenvalue weighted by Crippen LogP contribution is 2.10. The molecule has 8 heteroatoms. The van der Waals surface area contributed by atoms with Gasteiger partial charge in [-0.25, -0.2) is 0 Å². The maximum absolute atomic E-state index is 11.9. The van der Waals surface area contributed by atoms with Gasteiger partial charge in [-0.15, -0.1) is 0 Å². The fourth-order valence-electron chi connectivity index (χ4n) is 4.85. The largest absolute Gasteiger partial charge is 0.316 e. The number of Topliss-reactive ketones (excluding diaryl/α,β-unsaturated/α-hetero) is 4. The van der Waals surface area contributed by atoms with E-state index in [1.807, 2.05) is 0 Å². The molecule has 0 rings (SSSR count). The number of ketones is 4. The van der Waals surface area contributed by atoms with Gasteiger partial charge in [0, 0.05) is 89.6 Å². The molecule has 2 atom stereocenters. The van der Waals surface area contributed by atoms with Crippen LogP contribution in [-0.4, -0.2) is 74.5 Å². The van der Waals surface area contributed by atoms with E-state index in [2.05, 4.69) is 88.8 Å². The predicted octanol–water partition coefficient (Wildman–Crippen LogP) is 8.38. The van der Waals surface area contributed by atoms with E-state index >= 15 is 0 Å². The molecule has 0 saturated heterocycles. The monoisotopic (exact) mass is 705 g/mol. The molecule has 50 heavy (non-hydrogen) atoms. The molecular formula is C42H80N4O4. The Morgan fingerprint density at radius 2 is 0.800 bits per heavy atom. The molecule has 2 unspecified atom stereocenters. The van der Waals surface area contributed by atoms with Gasteiger partial charge in [0.2, 0.25) is 0 Å². The lowest BCUT2D eigenvalue weighted by molar-refractivity contribution is -0.119. The number of hydrogen-bond donors (Lipinski definition) is 4. The number of hydrogen-bond acceptors (Lipinski definition) is 8. The van der Waals surface area contributed by atoms with Gasteiger partial charge >= 0.3 is 0 Å². The topological polar surface area (TPSA) is 116 Å². The lowest BCUT2D eigenvalue weighted by Gasteiger charge is -2.10. The summed E-state index contributed by atoms with van der Waals surface area (Å²) in [5.74, 6) is 1.27. The first-order valence-electron chi connectivity index (χ1n) is 20.2. The fraction of sp³-hybridized carbons (Fsp3) is 0.810. The SMILES string of the molecule is CCC(C)NCCC(=O)CC/C=C(/C)CCC(=O)CCNC(C)CC.CCCCNCCC(=O)CC/C=C(/C)CCC(=O)CCNCCCC. The van der Waals surface area contributed by atoms with E-state index in [1.165, 1.54) is 36.8 Å². The lowest BCUT2D eigenvalue weighted by atomic mass is 10.0. The Morgan fingerprint density at radius 1 is 0.460 bits per heavy atom. The number of allylic oxidation sites excluding steroid dienone is 4. The summed E-state index contributed by atoms with van der Waals surface area (Å²) in [4.78, 5) is 47.3. The molecule has 0 spiro atoms. The third-order valence-corrected chi connectivity index (χ3v) is 9.02. The van der Waals surface area contributed by atoms with Crippen LogP contribution in [0.1, 0.15) is 171 Å². The third-order valence-electron chi connectivity index (χ3n) is 9.02. The van der Waals surface area contributed by atoms with Crippen LogP contribution in [0.25, 0.3) is 0 Å². The summed E-state index contributed by atoms with van der Waals surface area (Å²) in [6.45, 7) is 22.1. The highest BCUT2D eigenvalue weighted by atomic mass is 16.1. The zero-order valence-electron chi connectivity index (χ0n) is 33.9. The summed E-state index contributed by atoms with van der Waals surface area (Å²) >= 11 is 0. The maximum Gasteiger partial charge on any atom is 0.134 e. The van der Waals surface area contributed by atoms with Gasteiger partial charge < -0.3 is 21.3 Å². The van der Waals surface area contributed by atoms with Gasteiger partial charge in [-0.05, 0) is 92.2 Å².